The van der Waals surface area contributed by atoms with Gasteiger partial charge < -0.3 is 4.90 Å². The second kappa shape index (κ2) is 7.97. The number of nitrogens with one attached hydrogen (secondary N) is 1. The summed E-state index contributed by atoms with van der Waals surface area (Å²) in [4.78, 5) is 18.5. The SMILES string of the molecule is CNS(=O)(=O)c1ccc(N2C(=S)N(c3cnc(C#N)c(C(F)(F)F)c3)C(=O)C23CCC3)cc1F. The lowest BCUT2D eigenvalue weighted by Crippen LogP contribution is -2.55. The molecule has 1 saturated carbocycles. The molecular weight excluding hydrogens is 498 g/mol. The van der Waals surface area contributed by atoms with E-state index in [1.807, 2.05) is 4.72 Å². The molecule has 178 valence electrons. The highest BCUT2D eigenvalue weighted by molar-refractivity contribution is 7.89. The second-order valence-corrected chi connectivity index (χ2v) is 9.89. The van der Waals surface area contributed by atoms with Crippen molar-refractivity contribution in [1.29, 1.82) is 5.26 Å². The third-order valence-corrected chi connectivity index (χ3v) is 7.68. The number of benzene rings is 1. The van der Waals surface area contributed by atoms with Crippen molar-refractivity contribution < 1.29 is 30.8 Å². The standard InChI is InChI=1S/C20H15F4N5O3S2/c1-26-34(31,32)16-4-3-11(8-14(16)21)29-18(33)28(17(30)19(29)5-2-6-19)12-7-13(20(22,23)24)15(9-25)27-10-12/h3-4,7-8,10,26H,2,5-6H2,1H3. The van der Waals surface area contributed by atoms with Gasteiger partial charge in [-0.1, -0.05) is 0 Å². The minimum Gasteiger partial charge on any atom is -0.303 e. The number of hydrogen-bond acceptors (Lipinski definition) is 6. The Morgan fingerprint density at radius 1 is 1.24 bits per heavy atom. The van der Waals surface area contributed by atoms with E-state index >= 15 is 0 Å². The van der Waals surface area contributed by atoms with Gasteiger partial charge in [0.25, 0.3) is 5.91 Å². The van der Waals surface area contributed by atoms with Crippen LogP contribution >= 0.6 is 12.2 Å². The summed E-state index contributed by atoms with van der Waals surface area (Å²) < 4.78 is 81.0. The number of amides is 1. The van der Waals surface area contributed by atoms with Crippen LogP contribution in [0.15, 0.2) is 35.4 Å². The fraction of sp³-hybridized carbons (Fsp3) is 0.300. The number of sulfonamides is 1. The van der Waals surface area contributed by atoms with Gasteiger partial charge in [-0.3, -0.25) is 9.69 Å². The molecule has 14 heteroatoms. The van der Waals surface area contributed by atoms with E-state index in [1.54, 1.807) is 0 Å². The van der Waals surface area contributed by atoms with E-state index in [2.05, 4.69) is 4.98 Å². The zero-order valence-electron chi connectivity index (χ0n) is 17.4. The Labute approximate surface area is 196 Å². The van der Waals surface area contributed by atoms with Crippen molar-refractivity contribution >= 4 is 44.6 Å². The average molecular weight is 513 g/mol. The average Bonchev–Trinajstić information content (AvgIpc) is 2.99. The predicted octanol–water partition coefficient (Wildman–Crippen LogP) is 3.08. The molecule has 1 N–H and O–H groups in total. The van der Waals surface area contributed by atoms with Crippen molar-refractivity contribution in [2.45, 2.75) is 35.9 Å². The number of nitriles is 1. The van der Waals surface area contributed by atoms with E-state index in [0.717, 1.165) is 30.3 Å². The molecule has 1 aliphatic carbocycles. The smallest absolute Gasteiger partial charge is 0.303 e. The predicted molar refractivity (Wildman–Crippen MR) is 116 cm³/mol. The van der Waals surface area contributed by atoms with E-state index in [-0.39, 0.29) is 16.5 Å². The van der Waals surface area contributed by atoms with Crippen LogP contribution in [0.3, 0.4) is 0 Å². The van der Waals surface area contributed by atoms with Gasteiger partial charge in [0.1, 0.15) is 22.3 Å². The van der Waals surface area contributed by atoms with Gasteiger partial charge in [-0.2, -0.15) is 18.4 Å². The molecule has 34 heavy (non-hydrogen) atoms. The van der Waals surface area contributed by atoms with Crippen LogP contribution in [0.5, 0.6) is 0 Å². The van der Waals surface area contributed by atoms with Crippen LogP contribution in [0.2, 0.25) is 0 Å². The number of rotatable bonds is 4. The van der Waals surface area contributed by atoms with Crippen molar-refractivity contribution in [3.05, 3.63) is 47.5 Å². The third-order valence-electron chi connectivity index (χ3n) is 5.87. The molecule has 1 saturated heterocycles. The molecule has 8 nitrogen and oxygen atoms in total. The minimum absolute atomic E-state index is 0.0748. The van der Waals surface area contributed by atoms with Crippen molar-refractivity contribution in [2.75, 3.05) is 16.8 Å². The summed E-state index contributed by atoms with van der Waals surface area (Å²) >= 11 is 5.43. The molecule has 4 rings (SSSR count). The second-order valence-electron chi connectivity index (χ2n) is 7.67. The van der Waals surface area contributed by atoms with Gasteiger partial charge >= 0.3 is 6.18 Å². The maximum atomic E-state index is 14.7. The summed E-state index contributed by atoms with van der Waals surface area (Å²) in [5.74, 6) is -1.70. The number of aromatic nitrogens is 1. The van der Waals surface area contributed by atoms with Crippen LogP contribution in [0.25, 0.3) is 0 Å². The van der Waals surface area contributed by atoms with Gasteiger partial charge in [0.2, 0.25) is 10.0 Å². The number of carbonyl (C=O) groups is 1. The van der Waals surface area contributed by atoms with E-state index < -0.39 is 49.6 Å². The number of nitrogens with zero attached hydrogens (tertiary/aromatic N) is 4. The summed E-state index contributed by atoms with van der Waals surface area (Å²) in [5.41, 5.74) is -3.64. The van der Waals surface area contributed by atoms with Crippen LogP contribution in [0.1, 0.15) is 30.5 Å². The summed E-state index contributed by atoms with van der Waals surface area (Å²) in [6, 6.07) is 5.19. The van der Waals surface area contributed by atoms with Gasteiger partial charge in [-0.15, -0.1) is 0 Å². The van der Waals surface area contributed by atoms with Crippen LogP contribution < -0.4 is 14.5 Å². The number of hydrogen-bond donors (Lipinski definition) is 1. The lowest BCUT2D eigenvalue weighted by molar-refractivity contribution is -0.138. The van der Waals surface area contributed by atoms with Gasteiger partial charge in [0, 0.05) is 5.69 Å². The van der Waals surface area contributed by atoms with Crippen molar-refractivity contribution in [3.8, 4) is 6.07 Å². The Hall–Kier alpha value is -3.15. The highest BCUT2D eigenvalue weighted by Gasteiger charge is 2.60. The molecule has 0 atom stereocenters. The number of thiocarbonyl (C=S) groups is 1. The molecule has 1 aromatic heterocycles. The lowest BCUT2D eigenvalue weighted by Gasteiger charge is -2.43. The van der Waals surface area contributed by atoms with E-state index in [4.69, 9.17) is 17.5 Å². The first-order valence-electron chi connectivity index (χ1n) is 9.76. The van der Waals surface area contributed by atoms with Crippen LogP contribution in [-0.4, -0.2) is 37.0 Å². The summed E-state index contributed by atoms with van der Waals surface area (Å²) in [7, 11) is -2.96. The summed E-state index contributed by atoms with van der Waals surface area (Å²) in [6.07, 6.45) is -2.74. The molecule has 1 aliphatic heterocycles. The molecular formula is C20H15F4N5O3S2. The van der Waals surface area contributed by atoms with Gasteiger partial charge in [-0.25, -0.2) is 22.5 Å². The first-order chi connectivity index (χ1) is 15.9. The fourth-order valence-electron chi connectivity index (χ4n) is 4.05. The molecule has 0 bridgehead atoms. The molecule has 2 fully saturated rings. The van der Waals surface area contributed by atoms with Gasteiger partial charge in [0.05, 0.1) is 17.4 Å². The molecule has 1 amide bonds. The van der Waals surface area contributed by atoms with Gasteiger partial charge in [-0.05, 0) is 62.8 Å². The maximum absolute atomic E-state index is 14.7. The highest BCUT2D eigenvalue weighted by Crippen LogP contribution is 2.48. The Morgan fingerprint density at radius 3 is 2.41 bits per heavy atom. The van der Waals surface area contributed by atoms with E-state index in [0.29, 0.717) is 25.3 Å². The molecule has 2 aromatic rings. The number of halogens is 4. The van der Waals surface area contributed by atoms with Crippen molar-refractivity contribution in [2.24, 2.45) is 0 Å². The summed E-state index contributed by atoms with van der Waals surface area (Å²) in [5, 5.41) is 8.76. The number of pyridine rings is 1. The molecule has 0 radical (unpaired) electrons. The zero-order chi connectivity index (χ0) is 25.1. The van der Waals surface area contributed by atoms with Crippen LogP contribution in [0, 0.1) is 17.1 Å². The Kier molecular flexibility index (Phi) is 5.62. The fourth-order valence-corrected chi connectivity index (χ4v) is 5.30. The largest absolute Gasteiger partial charge is 0.419 e. The Morgan fingerprint density at radius 2 is 1.91 bits per heavy atom. The van der Waals surface area contributed by atoms with Crippen molar-refractivity contribution in [1.82, 2.24) is 9.71 Å². The Bertz CT molecular complexity index is 1370. The van der Waals surface area contributed by atoms with E-state index in [1.165, 1.54) is 17.0 Å². The topological polar surface area (TPSA) is 106 Å². The lowest BCUT2D eigenvalue weighted by atomic mass is 9.75. The highest BCUT2D eigenvalue weighted by atomic mass is 32.2. The van der Waals surface area contributed by atoms with Crippen LogP contribution in [0.4, 0.5) is 28.9 Å². The van der Waals surface area contributed by atoms with Crippen LogP contribution in [-0.2, 0) is 21.0 Å². The molecule has 1 spiro atoms. The minimum atomic E-state index is -4.90. The first kappa shape index (κ1) is 24.0. The van der Waals surface area contributed by atoms with E-state index in [9.17, 15) is 30.8 Å². The van der Waals surface area contributed by atoms with Crippen molar-refractivity contribution in [3.63, 3.8) is 0 Å². The molecule has 0 unspecified atom stereocenters. The molecule has 2 heterocycles. The first-order valence-corrected chi connectivity index (χ1v) is 11.7. The van der Waals surface area contributed by atoms with Gasteiger partial charge in [0.15, 0.2) is 10.8 Å². The zero-order valence-corrected chi connectivity index (χ0v) is 19.0. The molecule has 2 aliphatic rings. The normalized spacial score (nSPS) is 17.8. The Balaban J connectivity index is 1.82. The number of anilines is 2. The quantitative estimate of drug-likeness (QED) is 0.495. The maximum Gasteiger partial charge on any atom is 0.419 e. The summed E-state index contributed by atoms with van der Waals surface area (Å²) in [6.45, 7) is 0. The third kappa shape index (κ3) is 3.51. The molecule has 1 aromatic carbocycles. The number of alkyl halides is 3. The monoisotopic (exact) mass is 513 g/mol. The number of carbonyl (C=O) groups excluding carboxylic acids is 1.